The van der Waals surface area contributed by atoms with Gasteiger partial charge in [0, 0.05) is 54.1 Å². The van der Waals surface area contributed by atoms with Crippen molar-refractivity contribution in [2.75, 3.05) is 36.0 Å². The fraction of sp³-hybridized carbons (Fsp3) is 0.250. The van der Waals surface area contributed by atoms with Crippen molar-refractivity contribution < 1.29 is 0 Å². The minimum absolute atomic E-state index is 0.121. The van der Waals surface area contributed by atoms with Gasteiger partial charge >= 0.3 is 0 Å². The first-order valence-electron chi connectivity index (χ1n) is 9.07. The Morgan fingerprint density at radius 2 is 1.79 bits per heavy atom. The zero-order chi connectivity index (χ0) is 19.3. The lowest BCUT2D eigenvalue weighted by Gasteiger charge is -2.35. The van der Waals surface area contributed by atoms with Crippen LogP contribution in [0.3, 0.4) is 0 Å². The molecule has 6 nitrogen and oxygen atoms in total. The summed E-state index contributed by atoms with van der Waals surface area (Å²) < 4.78 is 0. The Kier molecular flexibility index (Phi) is 5.83. The quantitative estimate of drug-likeness (QED) is 0.646. The largest absolute Gasteiger partial charge is 0.353 e. The SMILES string of the molecule is O=c1cc(CSc2ccc(Cl)cc2)nc(N2CCN(c3ccccn3)CC2)[nH]1. The van der Waals surface area contributed by atoms with E-state index in [1.165, 1.54) is 0 Å². The lowest BCUT2D eigenvalue weighted by Crippen LogP contribution is -2.47. The molecule has 28 heavy (non-hydrogen) atoms. The number of pyridine rings is 1. The Balaban J connectivity index is 1.41. The summed E-state index contributed by atoms with van der Waals surface area (Å²) in [5.74, 6) is 2.25. The molecule has 8 heteroatoms. The molecule has 1 aliphatic heterocycles. The third kappa shape index (κ3) is 4.66. The van der Waals surface area contributed by atoms with Crippen molar-refractivity contribution >= 4 is 35.1 Å². The van der Waals surface area contributed by atoms with Crippen molar-refractivity contribution in [1.29, 1.82) is 0 Å². The van der Waals surface area contributed by atoms with Gasteiger partial charge in [0.25, 0.3) is 5.56 Å². The monoisotopic (exact) mass is 413 g/mol. The van der Waals surface area contributed by atoms with Gasteiger partial charge in [0.05, 0.1) is 5.69 Å². The minimum atomic E-state index is -0.121. The molecule has 0 radical (unpaired) electrons. The lowest BCUT2D eigenvalue weighted by atomic mass is 10.3. The molecule has 0 unspecified atom stereocenters. The lowest BCUT2D eigenvalue weighted by molar-refractivity contribution is 0.632. The van der Waals surface area contributed by atoms with E-state index in [0.717, 1.165) is 42.6 Å². The van der Waals surface area contributed by atoms with Crippen LogP contribution in [0.2, 0.25) is 5.02 Å². The van der Waals surface area contributed by atoms with E-state index in [1.807, 2.05) is 48.7 Å². The molecule has 1 N–H and O–H groups in total. The summed E-state index contributed by atoms with van der Waals surface area (Å²) in [7, 11) is 0. The van der Waals surface area contributed by atoms with Crippen LogP contribution in [0.25, 0.3) is 0 Å². The summed E-state index contributed by atoms with van der Waals surface area (Å²) in [5.41, 5.74) is 0.648. The van der Waals surface area contributed by atoms with E-state index in [1.54, 1.807) is 17.8 Å². The van der Waals surface area contributed by atoms with Crippen molar-refractivity contribution in [3.8, 4) is 0 Å². The Labute approximate surface area is 172 Å². The van der Waals surface area contributed by atoms with Gasteiger partial charge in [0.15, 0.2) is 0 Å². The first-order chi connectivity index (χ1) is 13.7. The molecular weight excluding hydrogens is 394 g/mol. The van der Waals surface area contributed by atoms with Gasteiger partial charge in [-0.3, -0.25) is 9.78 Å². The summed E-state index contributed by atoms with van der Waals surface area (Å²) >= 11 is 7.56. The number of nitrogens with zero attached hydrogens (tertiary/aromatic N) is 4. The highest BCUT2D eigenvalue weighted by molar-refractivity contribution is 7.98. The van der Waals surface area contributed by atoms with Gasteiger partial charge in [0.2, 0.25) is 5.95 Å². The molecule has 1 aromatic carbocycles. The molecule has 0 atom stereocenters. The third-order valence-corrected chi connectivity index (χ3v) is 5.83. The molecule has 0 aliphatic carbocycles. The first-order valence-corrected chi connectivity index (χ1v) is 10.4. The van der Waals surface area contributed by atoms with Crippen LogP contribution in [-0.2, 0) is 5.75 Å². The molecule has 3 aromatic rings. The van der Waals surface area contributed by atoms with Crippen LogP contribution >= 0.6 is 23.4 Å². The van der Waals surface area contributed by atoms with Crippen molar-refractivity contribution in [1.82, 2.24) is 15.0 Å². The van der Waals surface area contributed by atoms with E-state index in [0.29, 0.717) is 16.7 Å². The Morgan fingerprint density at radius 3 is 2.50 bits per heavy atom. The summed E-state index contributed by atoms with van der Waals surface area (Å²) in [4.78, 5) is 29.6. The van der Waals surface area contributed by atoms with Crippen LogP contribution < -0.4 is 15.4 Å². The number of benzene rings is 1. The average molecular weight is 414 g/mol. The number of hydrogen-bond acceptors (Lipinski definition) is 6. The standard InChI is InChI=1S/C20H20ClN5OS/c21-15-4-6-17(7-5-15)28-14-16-13-19(27)24-20(23-16)26-11-9-25(10-12-26)18-3-1-2-8-22-18/h1-8,13H,9-12,14H2,(H,23,24,27). The number of thioether (sulfide) groups is 1. The molecule has 2 aromatic heterocycles. The zero-order valence-corrected chi connectivity index (χ0v) is 16.8. The number of piperazine rings is 1. The fourth-order valence-corrected chi connectivity index (χ4v) is 4.01. The van der Waals surface area contributed by atoms with E-state index < -0.39 is 0 Å². The van der Waals surface area contributed by atoms with Crippen molar-refractivity contribution in [2.24, 2.45) is 0 Å². The second kappa shape index (κ2) is 8.67. The van der Waals surface area contributed by atoms with Crippen LogP contribution in [0.5, 0.6) is 0 Å². The smallest absolute Gasteiger partial charge is 0.252 e. The number of aromatic nitrogens is 3. The van der Waals surface area contributed by atoms with Crippen molar-refractivity contribution in [3.63, 3.8) is 0 Å². The molecule has 1 aliphatic rings. The highest BCUT2D eigenvalue weighted by Crippen LogP contribution is 2.24. The topological polar surface area (TPSA) is 65.1 Å². The van der Waals surface area contributed by atoms with E-state index >= 15 is 0 Å². The summed E-state index contributed by atoms with van der Waals surface area (Å²) in [6.07, 6.45) is 1.81. The highest BCUT2D eigenvalue weighted by Gasteiger charge is 2.20. The van der Waals surface area contributed by atoms with E-state index in [-0.39, 0.29) is 5.56 Å². The Morgan fingerprint density at radius 1 is 1.04 bits per heavy atom. The summed E-state index contributed by atoms with van der Waals surface area (Å²) in [6, 6.07) is 15.2. The molecule has 0 bridgehead atoms. The number of H-pyrrole nitrogens is 1. The van der Waals surface area contributed by atoms with Crippen LogP contribution in [0.1, 0.15) is 5.69 Å². The predicted octanol–water partition coefficient (Wildman–Crippen LogP) is 3.44. The van der Waals surface area contributed by atoms with Gasteiger partial charge in [-0.15, -0.1) is 11.8 Å². The summed E-state index contributed by atoms with van der Waals surface area (Å²) in [6.45, 7) is 3.25. The molecule has 0 amide bonds. The van der Waals surface area contributed by atoms with E-state index in [9.17, 15) is 4.79 Å². The number of aromatic amines is 1. The molecule has 1 saturated heterocycles. The zero-order valence-electron chi connectivity index (χ0n) is 15.2. The second-order valence-corrected chi connectivity index (χ2v) is 7.95. The number of rotatable bonds is 5. The van der Waals surface area contributed by atoms with E-state index in [2.05, 4.69) is 24.8 Å². The van der Waals surface area contributed by atoms with Crippen LogP contribution in [0, 0.1) is 0 Å². The Hall–Kier alpha value is -2.51. The maximum absolute atomic E-state index is 12.1. The molecular formula is C20H20ClN5OS. The average Bonchev–Trinajstić information content (AvgIpc) is 2.74. The number of hydrogen-bond donors (Lipinski definition) is 1. The maximum Gasteiger partial charge on any atom is 0.252 e. The van der Waals surface area contributed by atoms with Gasteiger partial charge in [-0.05, 0) is 36.4 Å². The van der Waals surface area contributed by atoms with Crippen molar-refractivity contribution in [2.45, 2.75) is 10.6 Å². The molecule has 3 heterocycles. The van der Waals surface area contributed by atoms with Gasteiger partial charge in [-0.1, -0.05) is 17.7 Å². The highest BCUT2D eigenvalue weighted by atomic mass is 35.5. The predicted molar refractivity (Wildman–Crippen MR) is 115 cm³/mol. The first kappa shape index (κ1) is 18.8. The number of halogens is 1. The third-order valence-electron chi connectivity index (χ3n) is 4.54. The molecule has 1 fully saturated rings. The second-order valence-electron chi connectivity index (χ2n) is 6.46. The van der Waals surface area contributed by atoms with Gasteiger partial charge < -0.3 is 9.80 Å². The van der Waals surface area contributed by atoms with Crippen LogP contribution in [0.4, 0.5) is 11.8 Å². The number of anilines is 2. The summed E-state index contributed by atoms with van der Waals surface area (Å²) in [5, 5.41) is 0.714. The molecule has 144 valence electrons. The normalized spacial score (nSPS) is 14.3. The minimum Gasteiger partial charge on any atom is -0.353 e. The van der Waals surface area contributed by atoms with Crippen LogP contribution in [0.15, 0.2) is 64.4 Å². The van der Waals surface area contributed by atoms with Crippen LogP contribution in [-0.4, -0.2) is 41.1 Å². The van der Waals surface area contributed by atoms with Gasteiger partial charge in [-0.2, -0.15) is 0 Å². The maximum atomic E-state index is 12.1. The van der Waals surface area contributed by atoms with Crippen molar-refractivity contribution in [3.05, 3.63) is 75.8 Å². The molecule has 0 saturated carbocycles. The Bertz CT molecular complexity index is 972. The molecule has 4 rings (SSSR count). The van der Waals surface area contributed by atoms with Gasteiger partial charge in [0.1, 0.15) is 5.82 Å². The van der Waals surface area contributed by atoms with E-state index in [4.69, 9.17) is 11.6 Å². The number of nitrogens with one attached hydrogen (secondary N) is 1. The fourth-order valence-electron chi connectivity index (χ4n) is 3.09. The molecule has 0 spiro atoms. The van der Waals surface area contributed by atoms with Gasteiger partial charge in [-0.25, -0.2) is 9.97 Å².